The first-order valence-corrected chi connectivity index (χ1v) is 8.82. The topological polar surface area (TPSA) is 53.4 Å². The van der Waals surface area contributed by atoms with Crippen LogP contribution in [0.1, 0.15) is 18.2 Å². The number of carbonyl (C=O) groups excluding carboxylic acids is 1. The van der Waals surface area contributed by atoms with E-state index in [0.717, 1.165) is 11.6 Å². The zero-order valence-corrected chi connectivity index (χ0v) is 15.9. The number of nitrogens with zero attached hydrogens (tertiary/aromatic N) is 2. The smallest absolute Gasteiger partial charge is 0.435 e. The number of aromatic nitrogens is 2. The van der Waals surface area contributed by atoms with Crippen molar-refractivity contribution in [2.75, 3.05) is 13.7 Å². The molecule has 29 heavy (non-hydrogen) atoms. The van der Waals surface area contributed by atoms with Crippen LogP contribution in [0.15, 0.2) is 54.6 Å². The van der Waals surface area contributed by atoms with Crippen LogP contribution in [-0.4, -0.2) is 29.5 Å². The minimum absolute atomic E-state index is 0.247. The molecule has 1 heterocycles. The highest BCUT2D eigenvalue weighted by atomic mass is 19.4. The van der Waals surface area contributed by atoms with Crippen LogP contribution in [0, 0.1) is 0 Å². The molecule has 0 saturated heterocycles. The summed E-state index contributed by atoms with van der Waals surface area (Å²) in [6.07, 6.45) is -4.04. The second-order valence-corrected chi connectivity index (χ2v) is 6.31. The molecule has 0 N–H and O–H groups in total. The van der Waals surface area contributed by atoms with Crippen molar-refractivity contribution in [2.24, 2.45) is 0 Å². The maximum Gasteiger partial charge on any atom is 0.435 e. The number of carbonyl (C=O) groups is 1. The Morgan fingerprint density at radius 3 is 2.28 bits per heavy atom. The highest BCUT2D eigenvalue weighted by Gasteiger charge is 2.35. The normalized spacial score (nSPS) is 11.3. The number of methoxy groups -OCH3 is 1. The SMILES string of the molecule is COc1ccc(-n2nc(C(F)(F)F)cc2-c2ccc(CCOC(C)=O)cc2)cc1. The Hall–Kier alpha value is -3.29. The van der Waals surface area contributed by atoms with Crippen molar-refractivity contribution in [3.63, 3.8) is 0 Å². The first kappa shape index (κ1) is 20.4. The number of hydrogen-bond acceptors (Lipinski definition) is 4. The summed E-state index contributed by atoms with van der Waals surface area (Å²) in [4.78, 5) is 10.8. The van der Waals surface area contributed by atoms with Crippen LogP contribution in [0.5, 0.6) is 5.75 Å². The van der Waals surface area contributed by atoms with Crippen LogP contribution in [0.25, 0.3) is 16.9 Å². The summed E-state index contributed by atoms with van der Waals surface area (Å²) in [6, 6.07) is 14.7. The molecule has 5 nitrogen and oxygen atoms in total. The van der Waals surface area contributed by atoms with Gasteiger partial charge in [-0.25, -0.2) is 4.68 Å². The monoisotopic (exact) mass is 404 g/mol. The van der Waals surface area contributed by atoms with Gasteiger partial charge in [0, 0.05) is 18.9 Å². The van der Waals surface area contributed by atoms with E-state index in [9.17, 15) is 18.0 Å². The molecule has 0 aliphatic rings. The molecule has 0 amide bonds. The highest BCUT2D eigenvalue weighted by molar-refractivity contribution is 5.66. The molecule has 2 aromatic carbocycles. The summed E-state index contributed by atoms with van der Waals surface area (Å²) in [7, 11) is 1.51. The summed E-state index contributed by atoms with van der Waals surface area (Å²) in [5.74, 6) is 0.236. The van der Waals surface area contributed by atoms with E-state index in [-0.39, 0.29) is 12.6 Å². The first-order chi connectivity index (χ1) is 13.8. The molecule has 152 valence electrons. The second kappa shape index (κ2) is 8.38. The number of benzene rings is 2. The molecule has 0 saturated carbocycles. The number of alkyl halides is 3. The molecule has 8 heteroatoms. The van der Waals surface area contributed by atoms with Gasteiger partial charge in [-0.2, -0.15) is 18.3 Å². The predicted octanol–water partition coefficient (Wildman–Crippen LogP) is 4.67. The lowest BCUT2D eigenvalue weighted by Gasteiger charge is -2.09. The van der Waals surface area contributed by atoms with Gasteiger partial charge >= 0.3 is 12.1 Å². The highest BCUT2D eigenvalue weighted by Crippen LogP contribution is 2.33. The molecule has 0 radical (unpaired) electrons. The number of rotatable bonds is 6. The van der Waals surface area contributed by atoms with E-state index < -0.39 is 11.9 Å². The van der Waals surface area contributed by atoms with Gasteiger partial charge in [0.25, 0.3) is 0 Å². The van der Waals surface area contributed by atoms with Crippen LogP contribution in [0.2, 0.25) is 0 Å². The number of hydrogen-bond donors (Lipinski definition) is 0. The van der Waals surface area contributed by atoms with Crippen LogP contribution >= 0.6 is 0 Å². The largest absolute Gasteiger partial charge is 0.497 e. The van der Waals surface area contributed by atoms with Gasteiger partial charge in [0.15, 0.2) is 5.69 Å². The second-order valence-electron chi connectivity index (χ2n) is 6.31. The lowest BCUT2D eigenvalue weighted by Crippen LogP contribution is -2.07. The standard InChI is InChI=1S/C21H19F3N2O3/c1-14(27)29-12-11-15-3-5-16(6-4-15)19-13-20(21(22,23)24)25-26(19)17-7-9-18(28-2)10-8-17/h3-10,13H,11-12H2,1-2H3. The van der Waals surface area contributed by atoms with Crippen LogP contribution in [0.3, 0.4) is 0 Å². The minimum atomic E-state index is -4.56. The number of esters is 1. The molecule has 3 aromatic rings. The van der Waals surface area contributed by atoms with Crippen molar-refractivity contribution in [2.45, 2.75) is 19.5 Å². The maximum atomic E-state index is 13.3. The summed E-state index contributed by atoms with van der Waals surface area (Å²) in [5.41, 5.74) is 1.31. The van der Waals surface area contributed by atoms with E-state index in [1.807, 2.05) is 0 Å². The summed E-state index contributed by atoms with van der Waals surface area (Å²) in [5, 5.41) is 3.77. The van der Waals surface area contributed by atoms with Crippen LogP contribution < -0.4 is 4.74 Å². The fourth-order valence-electron chi connectivity index (χ4n) is 2.80. The Balaban J connectivity index is 1.94. The van der Waals surface area contributed by atoms with Gasteiger partial charge in [-0.1, -0.05) is 24.3 Å². The molecule has 1 aromatic heterocycles. The van der Waals surface area contributed by atoms with Crippen molar-refractivity contribution in [1.82, 2.24) is 9.78 Å². The fourth-order valence-corrected chi connectivity index (χ4v) is 2.80. The predicted molar refractivity (Wildman–Crippen MR) is 101 cm³/mol. The first-order valence-electron chi connectivity index (χ1n) is 8.82. The van der Waals surface area contributed by atoms with E-state index in [1.54, 1.807) is 48.5 Å². The van der Waals surface area contributed by atoms with Gasteiger partial charge in [0.1, 0.15) is 5.75 Å². The number of ether oxygens (including phenoxy) is 2. The molecule has 3 rings (SSSR count). The van der Waals surface area contributed by atoms with E-state index in [0.29, 0.717) is 29.1 Å². The van der Waals surface area contributed by atoms with Crippen molar-refractivity contribution in [1.29, 1.82) is 0 Å². The van der Waals surface area contributed by atoms with E-state index in [2.05, 4.69) is 5.10 Å². The van der Waals surface area contributed by atoms with Crippen molar-refractivity contribution in [3.8, 4) is 22.7 Å². The zero-order valence-electron chi connectivity index (χ0n) is 15.9. The molecular weight excluding hydrogens is 385 g/mol. The van der Waals surface area contributed by atoms with Crippen molar-refractivity contribution < 1.29 is 27.4 Å². The Morgan fingerprint density at radius 1 is 1.07 bits per heavy atom. The lowest BCUT2D eigenvalue weighted by atomic mass is 10.1. The quantitative estimate of drug-likeness (QED) is 0.560. The summed E-state index contributed by atoms with van der Waals surface area (Å²) in [6.45, 7) is 1.58. The molecule has 0 bridgehead atoms. The van der Waals surface area contributed by atoms with E-state index in [1.165, 1.54) is 18.7 Å². The van der Waals surface area contributed by atoms with Gasteiger partial charge < -0.3 is 9.47 Å². The maximum absolute atomic E-state index is 13.3. The molecule has 0 fully saturated rings. The van der Waals surface area contributed by atoms with Gasteiger partial charge in [-0.15, -0.1) is 0 Å². The van der Waals surface area contributed by atoms with Crippen LogP contribution in [0.4, 0.5) is 13.2 Å². The summed E-state index contributed by atoms with van der Waals surface area (Å²) < 4.78 is 51.1. The van der Waals surface area contributed by atoms with Crippen molar-refractivity contribution >= 4 is 5.97 Å². The van der Waals surface area contributed by atoms with Gasteiger partial charge in [-0.3, -0.25) is 4.79 Å². The fraction of sp³-hybridized carbons (Fsp3) is 0.238. The Kier molecular flexibility index (Phi) is 5.91. The number of halogens is 3. The molecule has 0 atom stereocenters. The average Bonchev–Trinajstić information content (AvgIpc) is 3.14. The third kappa shape index (κ3) is 4.96. The van der Waals surface area contributed by atoms with Gasteiger partial charge in [-0.05, 0) is 35.9 Å². The minimum Gasteiger partial charge on any atom is -0.497 e. The van der Waals surface area contributed by atoms with Crippen molar-refractivity contribution in [3.05, 3.63) is 65.9 Å². The molecular formula is C21H19F3N2O3. The average molecular weight is 404 g/mol. The van der Waals surface area contributed by atoms with Gasteiger partial charge in [0.2, 0.25) is 0 Å². The Bertz CT molecular complexity index is 978. The van der Waals surface area contributed by atoms with E-state index in [4.69, 9.17) is 9.47 Å². The third-order valence-corrected chi connectivity index (χ3v) is 4.26. The molecule has 0 unspecified atom stereocenters. The van der Waals surface area contributed by atoms with Gasteiger partial charge in [0.05, 0.1) is 25.1 Å². The Morgan fingerprint density at radius 2 is 1.72 bits per heavy atom. The summed E-state index contributed by atoms with van der Waals surface area (Å²) >= 11 is 0. The molecule has 0 spiro atoms. The zero-order chi connectivity index (χ0) is 21.0. The molecule has 0 aliphatic carbocycles. The van der Waals surface area contributed by atoms with Crippen LogP contribution in [-0.2, 0) is 22.1 Å². The third-order valence-electron chi connectivity index (χ3n) is 4.26. The molecule has 0 aliphatic heterocycles. The Labute approximate surface area is 165 Å². The lowest BCUT2D eigenvalue weighted by molar-refractivity contribution is -0.142. The van der Waals surface area contributed by atoms with E-state index >= 15 is 0 Å².